The standard InChI is InChI=1S/C9H11N3/c10-6-8(11)9(12)7-4-2-1-3-5-7/h1-5,8-9H,11-12H2/t8-,9-/m0/s1. The molecular formula is C9H11N3. The lowest BCUT2D eigenvalue weighted by Gasteiger charge is -2.12. The summed E-state index contributed by atoms with van der Waals surface area (Å²) in [6.07, 6.45) is 0. The third-order valence-corrected chi connectivity index (χ3v) is 1.72. The van der Waals surface area contributed by atoms with Gasteiger partial charge in [0.05, 0.1) is 12.1 Å². The first-order chi connectivity index (χ1) is 5.75. The molecule has 0 spiro atoms. The largest absolute Gasteiger partial charge is 0.322 e. The van der Waals surface area contributed by atoms with Crippen molar-refractivity contribution in [3.8, 4) is 6.07 Å². The molecular weight excluding hydrogens is 150 g/mol. The van der Waals surface area contributed by atoms with Gasteiger partial charge in [-0.2, -0.15) is 5.26 Å². The summed E-state index contributed by atoms with van der Waals surface area (Å²) >= 11 is 0. The normalized spacial score (nSPS) is 14.8. The highest BCUT2D eigenvalue weighted by Crippen LogP contribution is 2.11. The van der Waals surface area contributed by atoms with E-state index in [9.17, 15) is 0 Å². The number of rotatable bonds is 2. The average Bonchev–Trinajstić information content (AvgIpc) is 2.17. The molecule has 0 radical (unpaired) electrons. The van der Waals surface area contributed by atoms with Crippen LogP contribution in [0.2, 0.25) is 0 Å². The zero-order valence-electron chi connectivity index (χ0n) is 6.64. The van der Waals surface area contributed by atoms with Crippen molar-refractivity contribution in [2.45, 2.75) is 12.1 Å². The molecule has 0 heterocycles. The zero-order valence-corrected chi connectivity index (χ0v) is 6.64. The smallest absolute Gasteiger partial charge is 0.112 e. The molecule has 0 fully saturated rings. The average molecular weight is 161 g/mol. The van der Waals surface area contributed by atoms with Crippen LogP contribution in [0.5, 0.6) is 0 Å². The second kappa shape index (κ2) is 3.86. The van der Waals surface area contributed by atoms with Gasteiger partial charge in [0.25, 0.3) is 0 Å². The van der Waals surface area contributed by atoms with Crippen molar-refractivity contribution in [3.63, 3.8) is 0 Å². The maximum atomic E-state index is 8.51. The van der Waals surface area contributed by atoms with E-state index in [2.05, 4.69) is 0 Å². The van der Waals surface area contributed by atoms with Gasteiger partial charge >= 0.3 is 0 Å². The summed E-state index contributed by atoms with van der Waals surface area (Å²) in [5.41, 5.74) is 12.1. The number of nitrogens with zero attached hydrogens (tertiary/aromatic N) is 1. The van der Waals surface area contributed by atoms with Crippen LogP contribution in [0.15, 0.2) is 30.3 Å². The maximum Gasteiger partial charge on any atom is 0.112 e. The minimum atomic E-state index is -0.632. The molecule has 4 N–H and O–H groups in total. The maximum absolute atomic E-state index is 8.51. The highest BCUT2D eigenvalue weighted by Gasteiger charge is 2.13. The van der Waals surface area contributed by atoms with Gasteiger partial charge in [0, 0.05) is 0 Å². The van der Waals surface area contributed by atoms with Gasteiger partial charge in [0.2, 0.25) is 0 Å². The van der Waals surface area contributed by atoms with E-state index in [1.54, 1.807) is 0 Å². The minimum Gasteiger partial charge on any atom is -0.322 e. The molecule has 12 heavy (non-hydrogen) atoms. The Morgan fingerprint density at radius 3 is 2.25 bits per heavy atom. The Balaban J connectivity index is 2.80. The fraction of sp³-hybridized carbons (Fsp3) is 0.222. The number of nitriles is 1. The molecule has 1 aromatic rings. The number of hydrogen-bond donors (Lipinski definition) is 2. The highest BCUT2D eigenvalue weighted by molar-refractivity contribution is 5.21. The second-order valence-electron chi connectivity index (χ2n) is 2.59. The Hall–Kier alpha value is -1.37. The molecule has 62 valence electrons. The van der Waals surface area contributed by atoms with Gasteiger partial charge in [0.15, 0.2) is 0 Å². The van der Waals surface area contributed by atoms with Crippen molar-refractivity contribution < 1.29 is 0 Å². The molecule has 1 rings (SSSR count). The van der Waals surface area contributed by atoms with Crippen LogP contribution in [0.3, 0.4) is 0 Å². The molecule has 0 aromatic heterocycles. The lowest BCUT2D eigenvalue weighted by atomic mass is 10.0. The molecule has 0 unspecified atom stereocenters. The highest BCUT2D eigenvalue weighted by atomic mass is 14.8. The first kappa shape index (κ1) is 8.72. The summed E-state index contributed by atoms with van der Waals surface area (Å²) in [5, 5.41) is 8.51. The predicted octanol–water partition coefficient (Wildman–Crippen LogP) is 0.537. The van der Waals surface area contributed by atoms with Gasteiger partial charge in [-0.25, -0.2) is 0 Å². The van der Waals surface area contributed by atoms with Gasteiger partial charge in [-0.05, 0) is 5.56 Å². The quantitative estimate of drug-likeness (QED) is 0.664. The fourth-order valence-corrected chi connectivity index (χ4v) is 0.963. The molecule has 0 saturated heterocycles. The summed E-state index contributed by atoms with van der Waals surface area (Å²) < 4.78 is 0. The van der Waals surface area contributed by atoms with Gasteiger partial charge < -0.3 is 11.5 Å². The first-order valence-electron chi connectivity index (χ1n) is 3.71. The zero-order chi connectivity index (χ0) is 8.97. The molecule has 0 aliphatic rings. The van der Waals surface area contributed by atoms with E-state index >= 15 is 0 Å². The van der Waals surface area contributed by atoms with Crippen LogP contribution >= 0.6 is 0 Å². The number of benzene rings is 1. The van der Waals surface area contributed by atoms with Crippen LogP contribution < -0.4 is 11.5 Å². The van der Waals surface area contributed by atoms with Crippen molar-refractivity contribution in [2.24, 2.45) is 11.5 Å². The van der Waals surface area contributed by atoms with E-state index in [0.29, 0.717) is 0 Å². The summed E-state index contributed by atoms with van der Waals surface area (Å²) in [6, 6.07) is 10.3. The topological polar surface area (TPSA) is 75.8 Å². The van der Waals surface area contributed by atoms with Crippen LogP contribution in [0.4, 0.5) is 0 Å². The van der Waals surface area contributed by atoms with Crippen LogP contribution in [0.1, 0.15) is 11.6 Å². The molecule has 0 amide bonds. The van der Waals surface area contributed by atoms with Crippen molar-refractivity contribution in [3.05, 3.63) is 35.9 Å². The first-order valence-corrected chi connectivity index (χ1v) is 3.71. The van der Waals surface area contributed by atoms with Crippen molar-refractivity contribution in [2.75, 3.05) is 0 Å². The molecule has 0 aliphatic carbocycles. The lowest BCUT2D eigenvalue weighted by Crippen LogP contribution is -2.32. The van der Waals surface area contributed by atoms with E-state index in [-0.39, 0.29) is 0 Å². The Morgan fingerprint density at radius 2 is 1.75 bits per heavy atom. The van der Waals surface area contributed by atoms with Crippen molar-refractivity contribution in [1.29, 1.82) is 5.26 Å². The summed E-state index contributed by atoms with van der Waals surface area (Å²) in [6.45, 7) is 0. The Labute approximate surface area is 71.6 Å². The lowest BCUT2D eigenvalue weighted by molar-refractivity contribution is 0.645. The van der Waals surface area contributed by atoms with Crippen LogP contribution in [-0.2, 0) is 0 Å². The van der Waals surface area contributed by atoms with Gasteiger partial charge in [0.1, 0.15) is 6.04 Å². The molecule has 3 heteroatoms. The molecule has 0 bridgehead atoms. The van der Waals surface area contributed by atoms with E-state index in [1.807, 2.05) is 36.4 Å². The molecule has 0 aliphatic heterocycles. The van der Waals surface area contributed by atoms with E-state index < -0.39 is 12.1 Å². The molecule has 3 nitrogen and oxygen atoms in total. The third-order valence-electron chi connectivity index (χ3n) is 1.72. The molecule has 2 atom stereocenters. The number of nitrogens with two attached hydrogens (primary N) is 2. The summed E-state index contributed by atoms with van der Waals surface area (Å²) in [5.74, 6) is 0. The van der Waals surface area contributed by atoms with Crippen LogP contribution in [0.25, 0.3) is 0 Å². The summed E-state index contributed by atoms with van der Waals surface area (Å²) in [7, 11) is 0. The second-order valence-corrected chi connectivity index (χ2v) is 2.59. The van der Waals surface area contributed by atoms with E-state index in [4.69, 9.17) is 16.7 Å². The van der Waals surface area contributed by atoms with Gasteiger partial charge in [-0.1, -0.05) is 30.3 Å². The Bertz CT molecular complexity index is 276. The van der Waals surface area contributed by atoms with Crippen molar-refractivity contribution >= 4 is 0 Å². The fourth-order valence-electron chi connectivity index (χ4n) is 0.963. The third kappa shape index (κ3) is 1.82. The Kier molecular flexibility index (Phi) is 2.81. The minimum absolute atomic E-state index is 0.392. The van der Waals surface area contributed by atoms with E-state index in [1.165, 1.54) is 0 Å². The van der Waals surface area contributed by atoms with Gasteiger partial charge in [-0.3, -0.25) is 0 Å². The van der Waals surface area contributed by atoms with Crippen LogP contribution in [0, 0.1) is 11.3 Å². The summed E-state index contributed by atoms with van der Waals surface area (Å²) in [4.78, 5) is 0. The number of hydrogen-bond acceptors (Lipinski definition) is 3. The predicted molar refractivity (Wildman–Crippen MR) is 47.0 cm³/mol. The van der Waals surface area contributed by atoms with Crippen molar-refractivity contribution in [1.82, 2.24) is 0 Å². The molecule has 0 saturated carbocycles. The molecule has 1 aromatic carbocycles. The monoisotopic (exact) mass is 161 g/mol. The SMILES string of the molecule is N#C[C@H](N)[C@@H](N)c1ccccc1. The van der Waals surface area contributed by atoms with E-state index in [0.717, 1.165) is 5.56 Å². The van der Waals surface area contributed by atoms with Crippen LogP contribution in [-0.4, -0.2) is 6.04 Å². The van der Waals surface area contributed by atoms with Gasteiger partial charge in [-0.15, -0.1) is 0 Å². The Morgan fingerprint density at radius 1 is 1.17 bits per heavy atom.